The fourth-order valence-electron chi connectivity index (χ4n) is 2.93. The Morgan fingerprint density at radius 1 is 1.07 bits per heavy atom. The number of ether oxygens (including phenoxy) is 3. The summed E-state index contributed by atoms with van der Waals surface area (Å²) in [6.07, 6.45) is 2.38. The summed E-state index contributed by atoms with van der Waals surface area (Å²) in [7, 11) is 4.60. The minimum atomic E-state index is -0.132. The first-order valence-corrected chi connectivity index (χ1v) is 9.68. The van der Waals surface area contributed by atoms with Gasteiger partial charge in [0.05, 0.1) is 34.1 Å². The largest absolute Gasteiger partial charge is 0.493 e. The zero-order chi connectivity index (χ0) is 19.9. The minimum Gasteiger partial charge on any atom is -0.493 e. The van der Waals surface area contributed by atoms with Crippen molar-refractivity contribution in [3.8, 4) is 17.2 Å². The number of methoxy groups -OCH3 is 3. The molecule has 0 aliphatic carbocycles. The number of carbonyl (C=O) groups excluding carboxylic acids is 1. The highest BCUT2D eigenvalue weighted by Crippen LogP contribution is 2.38. The van der Waals surface area contributed by atoms with Gasteiger partial charge in [-0.1, -0.05) is 6.07 Å². The maximum Gasteiger partial charge on any atom is 0.254 e. The van der Waals surface area contributed by atoms with Crippen molar-refractivity contribution in [1.82, 2.24) is 4.90 Å². The van der Waals surface area contributed by atoms with E-state index < -0.39 is 0 Å². The lowest BCUT2D eigenvalue weighted by molar-refractivity contribution is 0.0733. The normalized spacial score (nSPS) is 10.5. The van der Waals surface area contributed by atoms with Crippen molar-refractivity contribution in [2.24, 2.45) is 0 Å². The Hall–Kier alpha value is -2.93. The van der Waals surface area contributed by atoms with Crippen LogP contribution >= 0.6 is 11.3 Å². The summed E-state index contributed by atoms with van der Waals surface area (Å²) in [4.78, 5) is 16.3. The van der Waals surface area contributed by atoms with Crippen LogP contribution in [0.15, 0.2) is 52.5 Å². The summed E-state index contributed by atoms with van der Waals surface area (Å²) in [6.45, 7) is 0.949. The second-order valence-electron chi connectivity index (χ2n) is 6.05. The molecule has 7 heteroatoms. The molecule has 1 aromatic carbocycles. The summed E-state index contributed by atoms with van der Waals surface area (Å²) in [6, 6.07) is 11.1. The van der Waals surface area contributed by atoms with Gasteiger partial charge in [-0.2, -0.15) is 0 Å². The topological polar surface area (TPSA) is 61.1 Å². The number of carbonyl (C=O) groups is 1. The Kier molecular flexibility index (Phi) is 6.60. The van der Waals surface area contributed by atoms with Crippen LogP contribution in [0.2, 0.25) is 0 Å². The number of furan rings is 1. The quantitative estimate of drug-likeness (QED) is 0.536. The zero-order valence-corrected chi connectivity index (χ0v) is 17.0. The molecule has 0 aliphatic heterocycles. The number of hydrogen-bond acceptors (Lipinski definition) is 6. The molecule has 0 bridgehead atoms. The zero-order valence-electron chi connectivity index (χ0n) is 16.1. The van der Waals surface area contributed by atoms with Gasteiger partial charge in [-0.15, -0.1) is 11.3 Å². The Balaban J connectivity index is 1.88. The van der Waals surface area contributed by atoms with Gasteiger partial charge in [0, 0.05) is 17.0 Å². The average molecular weight is 401 g/mol. The molecule has 148 valence electrons. The second kappa shape index (κ2) is 9.32. The number of benzene rings is 1. The molecular formula is C21H23NO5S. The van der Waals surface area contributed by atoms with Gasteiger partial charge in [-0.05, 0) is 42.1 Å². The van der Waals surface area contributed by atoms with Gasteiger partial charge in [-0.3, -0.25) is 4.79 Å². The van der Waals surface area contributed by atoms with E-state index >= 15 is 0 Å². The van der Waals surface area contributed by atoms with E-state index in [0.29, 0.717) is 35.9 Å². The molecule has 0 unspecified atom stereocenters. The number of thiophene rings is 1. The van der Waals surface area contributed by atoms with Crippen molar-refractivity contribution in [2.45, 2.75) is 13.0 Å². The lowest BCUT2D eigenvalue weighted by Crippen LogP contribution is -2.32. The van der Waals surface area contributed by atoms with Crippen molar-refractivity contribution < 1.29 is 23.4 Å². The van der Waals surface area contributed by atoms with Crippen LogP contribution in [0.4, 0.5) is 0 Å². The molecule has 0 N–H and O–H groups in total. The molecule has 0 radical (unpaired) electrons. The van der Waals surface area contributed by atoms with E-state index in [1.807, 2.05) is 23.6 Å². The molecule has 0 spiro atoms. The molecule has 0 saturated carbocycles. The highest BCUT2D eigenvalue weighted by atomic mass is 32.1. The van der Waals surface area contributed by atoms with Crippen molar-refractivity contribution in [2.75, 3.05) is 27.9 Å². The fourth-order valence-corrected chi connectivity index (χ4v) is 3.63. The fraction of sp³-hybridized carbons (Fsp3) is 0.286. The SMILES string of the molecule is COc1cc(C(=O)N(CCc2cccs2)Cc2ccco2)cc(OC)c1OC. The Morgan fingerprint density at radius 3 is 2.36 bits per heavy atom. The molecule has 2 aromatic heterocycles. The van der Waals surface area contributed by atoms with Crippen LogP contribution in [0.1, 0.15) is 21.0 Å². The van der Waals surface area contributed by atoms with E-state index in [1.54, 1.807) is 34.6 Å². The summed E-state index contributed by atoms with van der Waals surface area (Å²) < 4.78 is 21.6. The van der Waals surface area contributed by atoms with Crippen LogP contribution in [-0.4, -0.2) is 38.7 Å². The van der Waals surface area contributed by atoms with Gasteiger partial charge >= 0.3 is 0 Å². The third-order valence-electron chi connectivity index (χ3n) is 4.33. The molecule has 2 heterocycles. The van der Waals surface area contributed by atoms with Crippen LogP contribution in [0.25, 0.3) is 0 Å². The molecule has 3 aromatic rings. The van der Waals surface area contributed by atoms with Crippen molar-refractivity contribution >= 4 is 17.2 Å². The van der Waals surface area contributed by atoms with Crippen molar-refractivity contribution in [3.05, 3.63) is 64.2 Å². The average Bonchev–Trinajstić information content (AvgIpc) is 3.43. The predicted octanol–water partition coefficient (Wildman–Crippen LogP) is 4.25. The first-order valence-electron chi connectivity index (χ1n) is 8.80. The lowest BCUT2D eigenvalue weighted by Gasteiger charge is -2.23. The summed E-state index contributed by atoms with van der Waals surface area (Å²) in [5.74, 6) is 1.94. The number of amides is 1. The first-order chi connectivity index (χ1) is 13.7. The Bertz CT molecular complexity index is 865. The Labute approximate surface area is 168 Å². The molecule has 0 aliphatic rings. The van der Waals surface area contributed by atoms with Crippen molar-refractivity contribution in [1.29, 1.82) is 0 Å². The molecule has 3 rings (SSSR count). The van der Waals surface area contributed by atoms with Gasteiger partial charge in [0.25, 0.3) is 5.91 Å². The maximum atomic E-state index is 13.3. The lowest BCUT2D eigenvalue weighted by atomic mass is 10.1. The molecule has 28 heavy (non-hydrogen) atoms. The summed E-state index contributed by atoms with van der Waals surface area (Å²) in [5, 5.41) is 2.03. The Morgan fingerprint density at radius 2 is 1.82 bits per heavy atom. The number of hydrogen-bond donors (Lipinski definition) is 0. The first kappa shape index (κ1) is 19.8. The second-order valence-corrected chi connectivity index (χ2v) is 7.08. The van der Waals surface area contributed by atoms with E-state index in [9.17, 15) is 4.79 Å². The molecule has 0 saturated heterocycles. The van der Waals surface area contributed by atoms with E-state index in [0.717, 1.165) is 12.2 Å². The van der Waals surface area contributed by atoms with E-state index in [1.165, 1.54) is 26.2 Å². The van der Waals surface area contributed by atoms with E-state index in [4.69, 9.17) is 18.6 Å². The third kappa shape index (κ3) is 4.48. The summed E-state index contributed by atoms with van der Waals surface area (Å²) in [5.41, 5.74) is 0.465. The van der Waals surface area contributed by atoms with Crippen molar-refractivity contribution in [3.63, 3.8) is 0 Å². The molecule has 0 fully saturated rings. The van der Waals surface area contributed by atoms with Gasteiger partial charge < -0.3 is 23.5 Å². The number of rotatable bonds is 9. The third-order valence-corrected chi connectivity index (χ3v) is 5.27. The van der Waals surface area contributed by atoms with Crippen LogP contribution < -0.4 is 14.2 Å². The highest BCUT2D eigenvalue weighted by molar-refractivity contribution is 7.09. The monoisotopic (exact) mass is 401 g/mol. The van der Waals surface area contributed by atoms with Crippen LogP contribution in [0.5, 0.6) is 17.2 Å². The molecular weight excluding hydrogens is 378 g/mol. The highest BCUT2D eigenvalue weighted by Gasteiger charge is 2.22. The molecule has 0 atom stereocenters. The van der Waals surface area contributed by atoms with Gasteiger partial charge in [0.2, 0.25) is 5.75 Å². The molecule has 6 nitrogen and oxygen atoms in total. The van der Waals surface area contributed by atoms with Gasteiger partial charge in [0.15, 0.2) is 11.5 Å². The predicted molar refractivity (Wildman–Crippen MR) is 108 cm³/mol. The van der Waals surface area contributed by atoms with Gasteiger partial charge in [0.1, 0.15) is 5.76 Å². The maximum absolute atomic E-state index is 13.3. The van der Waals surface area contributed by atoms with Crippen LogP contribution in [0.3, 0.4) is 0 Å². The molecule has 1 amide bonds. The standard InChI is InChI=1S/C21H23NO5S/c1-24-18-12-15(13-19(25-2)20(18)26-3)21(23)22(14-16-6-4-10-27-16)9-8-17-7-5-11-28-17/h4-7,10-13H,8-9,14H2,1-3H3. The van der Waals surface area contributed by atoms with Gasteiger partial charge in [-0.25, -0.2) is 0 Å². The smallest absolute Gasteiger partial charge is 0.254 e. The number of nitrogens with zero attached hydrogens (tertiary/aromatic N) is 1. The van der Waals surface area contributed by atoms with Crippen LogP contribution in [0, 0.1) is 0 Å². The van der Waals surface area contributed by atoms with Crippen LogP contribution in [-0.2, 0) is 13.0 Å². The summed E-state index contributed by atoms with van der Waals surface area (Å²) >= 11 is 1.68. The minimum absolute atomic E-state index is 0.132. The van der Waals surface area contributed by atoms with E-state index in [-0.39, 0.29) is 5.91 Å². The van der Waals surface area contributed by atoms with E-state index in [2.05, 4.69) is 6.07 Å².